The summed E-state index contributed by atoms with van der Waals surface area (Å²) in [5, 5.41) is 20.7. The molecule has 0 aliphatic carbocycles. The largest absolute Gasteiger partial charge is 0.478 e. The van der Waals surface area contributed by atoms with Crippen molar-refractivity contribution in [3.63, 3.8) is 0 Å². The van der Waals surface area contributed by atoms with Crippen molar-refractivity contribution in [1.82, 2.24) is 4.90 Å². The summed E-state index contributed by atoms with van der Waals surface area (Å²) >= 11 is 0. The van der Waals surface area contributed by atoms with Crippen LogP contribution >= 0.6 is 0 Å². The van der Waals surface area contributed by atoms with Crippen LogP contribution in [-0.2, 0) is 0 Å². The lowest BCUT2D eigenvalue weighted by atomic mass is 10.1. The van der Waals surface area contributed by atoms with Gasteiger partial charge < -0.3 is 20.4 Å². The molecule has 1 saturated heterocycles. The zero-order valence-electron chi connectivity index (χ0n) is 11.8. The second kappa shape index (κ2) is 7.08. The molecule has 1 atom stereocenters. The quantitative estimate of drug-likeness (QED) is 0.775. The molecule has 6 nitrogen and oxygen atoms in total. The number of nitrogens with zero attached hydrogens (tertiary/aromatic N) is 1. The Morgan fingerprint density at radius 1 is 1.33 bits per heavy atom. The first-order valence-electron chi connectivity index (χ1n) is 7.14. The maximum atomic E-state index is 12.3. The molecule has 1 aromatic carbocycles. The van der Waals surface area contributed by atoms with Crippen LogP contribution < -0.4 is 5.32 Å². The van der Waals surface area contributed by atoms with Crippen molar-refractivity contribution in [1.29, 1.82) is 0 Å². The first kappa shape index (κ1) is 15.3. The van der Waals surface area contributed by atoms with Gasteiger partial charge >= 0.3 is 12.0 Å². The lowest BCUT2D eigenvalue weighted by Crippen LogP contribution is -2.39. The fraction of sp³-hybridized carbons (Fsp3) is 0.467. The molecule has 1 unspecified atom stereocenters. The summed E-state index contributed by atoms with van der Waals surface area (Å²) in [6, 6.07) is 6.21. The maximum Gasteiger partial charge on any atom is 0.337 e. The summed E-state index contributed by atoms with van der Waals surface area (Å²) in [7, 11) is 0. The van der Waals surface area contributed by atoms with E-state index in [1.54, 1.807) is 23.1 Å². The van der Waals surface area contributed by atoms with Gasteiger partial charge in [-0.15, -0.1) is 0 Å². The van der Waals surface area contributed by atoms with Gasteiger partial charge in [0.25, 0.3) is 0 Å². The van der Waals surface area contributed by atoms with Gasteiger partial charge in [-0.05, 0) is 37.8 Å². The minimum atomic E-state index is -1.07. The zero-order chi connectivity index (χ0) is 15.2. The van der Waals surface area contributed by atoms with Crippen LogP contribution in [0.15, 0.2) is 24.3 Å². The summed E-state index contributed by atoms with van der Waals surface area (Å²) < 4.78 is 0. The molecule has 1 fully saturated rings. The zero-order valence-corrected chi connectivity index (χ0v) is 11.8. The first-order chi connectivity index (χ1) is 10.1. The minimum Gasteiger partial charge on any atom is -0.478 e. The highest BCUT2D eigenvalue weighted by Gasteiger charge is 2.28. The second-order valence-electron chi connectivity index (χ2n) is 5.14. The summed E-state index contributed by atoms with van der Waals surface area (Å²) in [4.78, 5) is 25.2. The highest BCUT2D eigenvalue weighted by atomic mass is 16.4. The predicted molar refractivity (Wildman–Crippen MR) is 78.5 cm³/mol. The van der Waals surface area contributed by atoms with E-state index >= 15 is 0 Å². The van der Waals surface area contributed by atoms with E-state index < -0.39 is 5.97 Å². The highest BCUT2D eigenvalue weighted by Crippen LogP contribution is 2.23. The molecule has 1 aliphatic rings. The average Bonchev–Trinajstić information content (AvgIpc) is 2.94. The van der Waals surface area contributed by atoms with Crippen molar-refractivity contribution in [2.45, 2.75) is 31.7 Å². The topological polar surface area (TPSA) is 89.9 Å². The van der Waals surface area contributed by atoms with Gasteiger partial charge in [-0.25, -0.2) is 9.59 Å². The number of aliphatic hydroxyl groups excluding tert-OH is 1. The molecule has 1 aromatic rings. The van der Waals surface area contributed by atoms with E-state index in [0.29, 0.717) is 18.7 Å². The number of hydrogen-bond donors (Lipinski definition) is 3. The number of para-hydroxylation sites is 1. The van der Waals surface area contributed by atoms with Gasteiger partial charge in [-0.3, -0.25) is 0 Å². The molecule has 0 bridgehead atoms. The maximum absolute atomic E-state index is 12.3. The summed E-state index contributed by atoms with van der Waals surface area (Å²) in [5.41, 5.74) is 0.389. The Hall–Kier alpha value is -2.08. The van der Waals surface area contributed by atoms with E-state index in [-0.39, 0.29) is 24.2 Å². The Morgan fingerprint density at radius 3 is 2.81 bits per heavy atom. The lowest BCUT2D eigenvalue weighted by molar-refractivity contribution is 0.0698. The van der Waals surface area contributed by atoms with Crippen LogP contribution in [0, 0.1) is 0 Å². The Balaban J connectivity index is 2.06. The number of anilines is 1. The summed E-state index contributed by atoms with van der Waals surface area (Å²) in [5.74, 6) is -1.07. The number of likely N-dealkylation sites (tertiary alicyclic amines) is 1. The van der Waals surface area contributed by atoms with Gasteiger partial charge in [0.1, 0.15) is 0 Å². The van der Waals surface area contributed by atoms with Crippen molar-refractivity contribution in [3.8, 4) is 0 Å². The lowest BCUT2D eigenvalue weighted by Gasteiger charge is -2.25. The second-order valence-corrected chi connectivity index (χ2v) is 5.14. The Kier molecular flexibility index (Phi) is 5.16. The third-order valence-electron chi connectivity index (χ3n) is 3.73. The minimum absolute atomic E-state index is 0.0805. The fourth-order valence-electron chi connectivity index (χ4n) is 2.70. The van der Waals surface area contributed by atoms with Crippen LogP contribution in [0.5, 0.6) is 0 Å². The van der Waals surface area contributed by atoms with Crippen molar-refractivity contribution >= 4 is 17.7 Å². The fourth-order valence-corrected chi connectivity index (χ4v) is 2.70. The molecule has 0 saturated carbocycles. The molecular formula is C15H20N2O4. The molecule has 21 heavy (non-hydrogen) atoms. The normalized spacial score (nSPS) is 17.8. The number of aliphatic hydroxyl groups is 1. The molecule has 0 spiro atoms. The number of benzene rings is 1. The third-order valence-corrected chi connectivity index (χ3v) is 3.73. The van der Waals surface area contributed by atoms with Gasteiger partial charge in [0.2, 0.25) is 0 Å². The van der Waals surface area contributed by atoms with Gasteiger partial charge in [-0.1, -0.05) is 12.1 Å². The van der Waals surface area contributed by atoms with E-state index in [9.17, 15) is 9.59 Å². The smallest absolute Gasteiger partial charge is 0.337 e. The number of nitrogens with one attached hydrogen (secondary N) is 1. The van der Waals surface area contributed by atoms with Gasteiger partial charge in [0.05, 0.1) is 11.3 Å². The molecular weight excluding hydrogens is 272 g/mol. The molecule has 0 radical (unpaired) electrons. The first-order valence-corrected chi connectivity index (χ1v) is 7.14. The standard InChI is InChI=1S/C15H20N2O4/c18-10-4-6-11-5-3-9-17(11)15(21)16-13-8-2-1-7-12(13)14(19)20/h1-2,7-8,11,18H,3-6,9-10H2,(H,16,21)(H,19,20). The molecule has 2 amide bonds. The van der Waals surface area contributed by atoms with E-state index in [1.807, 2.05) is 0 Å². The van der Waals surface area contributed by atoms with Crippen LogP contribution in [-0.4, -0.2) is 46.3 Å². The summed E-state index contributed by atoms with van der Waals surface area (Å²) in [6.07, 6.45) is 3.29. The summed E-state index contributed by atoms with van der Waals surface area (Å²) in [6.45, 7) is 0.783. The van der Waals surface area contributed by atoms with Crippen molar-refractivity contribution in [2.24, 2.45) is 0 Å². The van der Waals surface area contributed by atoms with Crippen LogP contribution in [0.1, 0.15) is 36.0 Å². The van der Waals surface area contributed by atoms with Gasteiger partial charge in [0, 0.05) is 19.2 Å². The van der Waals surface area contributed by atoms with E-state index in [0.717, 1.165) is 19.3 Å². The number of amides is 2. The molecule has 1 heterocycles. The van der Waals surface area contributed by atoms with Crippen molar-refractivity contribution in [3.05, 3.63) is 29.8 Å². The molecule has 114 valence electrons. The van der Waals surface area contributed by atoms with Crippen molar-refractivity contribution < 1.29 is 19.8 Å². The SMILES string of the molecule is O=C(O)c1ccccc1NC(=O)N1CCCC1CCCO. The molecule has 2 rings (SSSR count). The van der Waals surface area contributed by atoms with E-state index in [1.165, 1.54) is 6.07 Å². The third kappa shape index (κ3) is 3.72. The Labute approximate surface area is 123 Å². The van der Waals surface area contributed by atoms with Crippen LogP contribution in [0.25, 0.3) is 0 Å². The number of rotatable bonds is 5. The van der Waals surface area contributed by atoms with E-state index in [4.69, 9.17) is 10.2 Å². The Morgan fingerprint density at radius 2 is 2.10 bits per heavy atom. The number of aromatic carboxylic acids is 1. The highest BCUT2D eigenvalue weighted by molar-refractivity contribution is 6.00. The monoisotopic (exact) mass is 292 g/mol. The van der Waals surface area contributed by atoms with Crippen LogP contribution in [0.3, 0.4) is 0 Å². The number of carboxylic acid groups (broad SMARTS) is 1. The number of hydrogen-bond acceptors (Lipinski definition) is 3. The number of urea groups is 1. The van der Waals surface area contributed by atoms with Gasteiger partial charge in [0.15, 0.2) is 0 Å². The predicted octanol–water partition coefficient (Wildman–Crippen LogP) is 2.15. The van der Waals surface area contributed by atoms with E-state index in [2.05, 4.69) is 5.32 Å². The van der Waals surface area contributed by atoms with Gasteiger partial charge in [-0.2, -0.15) is 0 Å². The van der Waals surface area contributed by atoms with Crippen LogP contribution in [0.2, 0.25) is 0 Å². The Bertz CT molecular complexity index is 518. The van der Waals surface area contributed by atoms with Crippen LogP contribution in [0.4, 0.5) is 10.5 Å². The number of carbonyl (C=O) groups is 2. The molecule has 3 N–H and O–H groups in total. The molecule has 0 aromatic heterocycles. The number of carbonyl (C=O) groups excluding carboxylic acids is 1. The number of carboxylic acids is 1. The molecule has 1 aliphatic heterocycles. The average molecular weight is 292 g/mol. The molecule has 6 heteroatoms. The van der Waals surface area contributed by atoms with Crippen molar-refractivity contribution in [2.75, 3.05) is 18.5 Å².